The maximum absolute atomic E-state index is 13.4. The van der Waals surface area contributed by atoms with Crippen molar-refractivity contribution in [1.82, 2.24) is 5.01 Å². The molecular weight excluding hydrogens is 388 g/mol. The molecule has 5 nitrogen and oxygen atoms in total. The van der Waals surface area contributed by atoms with Crippen molar-refractivity contribution < 1.29 is 13.6 Å². The molecule has 0 spiro atoms. The van der Waals surface area contributed by atoms with Gasteiger partial charge in [0.15, 0.2) is 0 Å². The molecule has 3 heterocycles. The van der Waals surface area contributed by atoms with Crippen LogP contribution in [0, 0.1) is 5.92 Å². The van der Waals surface area contributed by atoms with E-state index in [9.17, 15) is 4.79 Å². The second-order valence-corrected chi connectivity index (χ2v) is 7.73. The highest BCUT2D eigenvalue weighted by Crippen LogP contribution is 2.45. The number of rotatable bonds is 3. The maximum atomic E-state index is 13.4. The zero-order valence-corrected chi connectivity index (χ0v) is 16.4. The fourth-order valence-electron chi connectivity index (χ4n) is 4.20. The Morgan fingerprint density at radius 2 is 2.00 bits per heavy atom. The molecule has 0 saturated heterocycles. The zero-order chi connectivity index (χ0) is 19.8. The van der Waals surface area contributed by atoms with Gasteiger partial charge in [-0.3, -0.25) is 4.79 Å². The summed E-state index contributed by atoms with van der Waals surface area (Å²) < 4.78 is 11.2. The Balaban J connectivity index is 1.57. The van der Waals surface area contributed by atoms with E-state index in [1.165, 1.54) is 0 Å². The number of allylic oxidation sites excluding steroid dienone is 1. The molecule has 6 heteroatoms. The van der Waals surface area contributed by atoms with Gasteiger partial charge in [0.1, 0.15) is 17.6 Å². The highest BCUT2D eigenvalue weighted by Gasteiger charge is 2.45. The maximum Gasteiger partial charge on any atom is 0.274 e. The van der Waals surface area contributed by atoms with Gasteiger partial charge in [-0.15, -0.1) is 0 Å². The van der Waals surface area contributed by atoms with Crippen molar-refractivity contribution >= 4 is 29.3 Å². The van der Waals surface area contributed by atoms with Crippen molar-refractivity contribution in [3.05, 3.63) is 88.7 Å². The summed E-state index contributed by atoms with van der Waals surface area (Å²) in [5.41, 5.74) is 2.55. The molecule has 1 aromatic carbocycles. The Labute approximate surface area is 173 Å². The standard InChI is InChI=1S/C23H19ClN2O3/c24-17-7-1-6-16(13-17)23(27)26-22(20-10-4-12-29-20)19-9-2-5-15(21(19)25-26)14-18-8-3-11-28-18/h1,3-4,6-8,10-14,19,22H,2,5,9H2. The molecule has 3 aromatic rings. The van der Waals surface area contributed by atoms with Crippen LogP contribution in [0.15, 0.2) is 80.6 Å². The smallest absolute Gasteiger partial charge is 0.274 e. The topological polar surface area (TPSA) is 59.0 Å². The Kier molecular flexibility index (Phi) is 4.60. The third kappa shape index (κ3) is 3.32. The summed E-state index contributed by atoms with van der Waals surface area (Å²) in [7, 11) is 0. The fraction of sp³-hybridized carbons (Fsp3) is 0.217. The molecule has 1 aliphatic heterocycles. The van der Waals surface area contributed by atoms with Crippen molar-refractivity contribution in [1.29, 1.82) is 0 Å². The Morgan fingerprint density at radius 1 is 1.14 bits per heavy atom. The number of carbonyl (C=O) groups is 1. The van der Waals surface area contributed by atoms with Crippen LogP contribution in [0.25, 0.3) is 6.08 Å². The van der Waals surface area contributed by atoms with Crippen LogP contribution in [-0.4, -0.2) is 16.6 Å². The highest BCUT2D eigenvalue weighted by atomic mass is 35.5. The molecule has 146 valence electrons. The molecule has 2 unspecified atom stereocenters. The number of halogens is 1. The first kappa shape index (κ1) is 18.0. The Morgan fingerprint density at radius 3 is 2.76 bits per heavy atom. The second kappa shape index (κ2) is 7.41. The summed E-state index contributed by atoms with van der Waals surface area (Å²) in [6.45, 7) is 0. The number of nitrogens with zero attached hydrogens (tertiary/aromatic N) is 2. The van der Waals surface area contributed by atoms with Crippen molar-refractivity contribution in [2.45, 2.75) is 25.3 Å². The molecular formula is C23H19ClN2O3. The lowest BCUT2D eigenvalue weighted by atomic mass is 9.79. The largest absolute Gasteiger partial charge is 0.467 e. The van der Waals surface area contributed by atoms with Gasteiger partial charge in [0, 0.05) is 16.5 Å². The molecule has 1 aliphatic carbocycles. The molecule has 2 atom stereocenters. The zero-order valence-electron chi connectivity index (χ0n) is 15.6. The number of fused-ring (bicyclic) bond motifs is 1. The van der Waals surface area contributed by atoms with Crippen LogP contribution in [0.1, 0.15) is 47.2 Å². The summed E-state index contributed by atoms with van der Waals surface area (Å²) in [4.78, 5) is 13.4. The average molecular weight is 407 g/mol. The molecule has 1 fully saturated rings. The molecule has 5 rings (SSSR count). The first-order chi connectivity index (χ1) is 14.2. The third-order valence-electron chi connectivity index (χ3n) is 5.48. The number of benzene rings is 1. The number of furan rings is 2. The van der Waals surface area contributed by atoms with E-state index in [2.05, 4.69) is 0 Å². The van der Waals surface area contributed by atoms with Gasteiger partial charge < -0.3 is 8.83 Å². The normalized spacial score (nSPS) is 22.6. The molecule has 2 aliphatic rings. The molecule has 0 bridgehead atoms. The van der Waals surface area contributed by atoms with Gasteiger partial charge in [-0.25, -0.2) is 5.01 Å². The second-order valence-electron chi connectivity index (χ2n) is 7.29. The van der Waals surface area contributed by atoms with Crippen LogP contribution < -0.4 is 0 Å². The molecule has 2 aromatic heterocycles. The first-order valence-electron chi connectivity index (χ1n) is 9.66. The van der Waals surface area contributed by atoms with E-state index in [0.29, 0.717) is 10.6 Å². The summed E-state index contributed by atoms with van der Waals surface area (Å²) in [5.74, 6) is 1.42. The van der Waals surface area contributed by atoms with Gasteiger partial charge in [-0.05, 0) is 73.4 Å². The van der Waals surface area contributed by atoms with E-state index in [4.69, 9.17) is 25.5 Å². The summed E-state index contributed by atoms with van der Waals surface area (Å²) in [6, 6.07) is 14.2. The summed E-state index contributed by atoms with van der Waals surface area (Å²) >= 11 is 6.11. The van der Waals surface area contributed by atoms with Gasteiger partial charge in [-0.1, -0.05) is 17.7 Å². The molecule has 0 N–H and O–H groups in total. The third-order valence-corrected chi connectivity index (χ3v) is 5.71. The first-order valence-corrected chi connectivity index (χ1v) is 10.0. The van der Waals surface area contributed by atoms with Crippen molar-refractivity contribution in [2.75, 3.05) is 0 Å². The molecule has 1 saturated carbocycles. The minimum absolute atomic E-state index is 0.0826. The van der Waals surface area contributed by atoms with Crippen LogP contribution in [0.2, 0.25) is 5.02 Å². The van der Waals surface area contributed by atoms with E-state index in [1.807, 2.05) is 30.3 Å². The van der Waals surface area contributed by atoms with Crippen LogP contribution in [0.4, 0.5) is 0 Å². The van der Waals surface area contributed by atoms with E-state index in [0.717, 1.165) is 42.1 Å². The van der Waals surface area contributed by atoms with E-state index in [1.54, 1.807) is 41.8 Å². The van der Waals surface area contributed by atoms with E-state index >= 15 is 0 Å². The lowest BCUT2D eigenvalue weighted by Gasteiger charge is -2.27. The minimum Gasteiger partial charge on any atom is -0.467 e. The SMILES string of the molecule is O=C(c1cccc(Cl)c1)N1N=C2C(=Cc3ccco3)CCCC2C1c1ccco1. The van der Waals surface area contributed by atoms with E-state index < -0.39 is 0 Å². The average Bonchev–Trinajstić information content (AvgIpc) is 3.48. The lowest BCUT2D eigenvalue weighted by molar-refractivity contribution is 0.0656. The number of carbonyl (C=O) groups excluding carboxylic acids is 1. The van der Waals surface area contributed by atoms with Gasteiger partial charge in [-0.2, -0.15) is 5.10 Å². The predicted octanol–water partition coefficient (Wildman–Crippen LogP) is 5.96. The van der Waals surface area contributed by atoms with Crippen LogP contribution >= 0.6 is 11.6 Å². The molecule has 1 amide bonds. The van der Waals surface area contributed by atoms with Gasteiger partial charge in [0.2, 0.25) is 0 Å². The monoisotopic (exact) mass is 406 g/mol. The summed E-state index contributed by atoms with van der Waals surface area (Å²) in [6.07, 6.45) is 8.19. The van der Waals surface area contributed by atoms with Crippen molar-refractivity contribution in [3.8, 4) is 0 Å². The Bertz CT molecular complexity index is 1080. The lowest BCUT2D eigenvalue weighted by Crippen LogP contribution is -2.31. The predicted molar refractivity (Wildman–Crippen MR) is 111 cm³/mol. The van der Waals surface area contributed by atoms with Crippen LogP contribution in [0.5, 0.6) is 0 Å². The van der Waals surface area contributed by atoms with Crippen LogP contribution in [0.3, 0.4) is 0 Å². The molecule has 0 radical (unpaired) electrons. The quantitative estimate of drug-likeness (QED) is 0.539. The van der Waals surface area contributed by atoms with Crippen LogP contribution in [-0.2, 0) is 0 Å². The Hall–Kier alpha value is -3.05. The highest BCUT2D eigenvalue weighted by molar-refractivity contribution is 6.31. The van der Waals surface area contributed by atoms with Gasteiger partial charge in [0.25, 0.3) is 5.91 Å². The number of hydrogen-bond donors (Lipinski definition) is 0. The minimum atomic E-state index is -0.271. The molecule has 29 heavy (non-hydrogen) atoms. The number of hydrogen-bond acceptors (Lipinski definition) is 4. The van der Waals surface area contributed by atoms with Gasteiger partial charge >= 0.3 is 0 Å². The van der Waals surface area contributed by atoms with E-state index in [-0.39, 0.29) is 17.9 Å². The summed E-state index contributed by atoms with van der Waals surface area (Å²) in [5, 5.41) is 6.89. The van der Waals surface area contributed by atoms with Crippen molar-refractivity contribution in [3.63, 3.8) is 0 Å². The number of amides is 1. The van der Waals surface area contributed by atoms with Crippen molar-refractivity contribution in [2.24, 2.45) is 11.0 Å². The fourth-order valence-corrected chi connectivity index (χ4v) is 4.40. The van der Waals surface area contributed by atoms with Gasteiger partial charge in [0.05, 0.1) is 18.2 Å². The number of hydrazone groups is 1.